The van der Waals surface area contributed by atoms with Crippen LogP contribution in [0.5, 0.6) is 0 Å². The number of anilines is 1. The number of hydrogen-bond donors (Lipinski definition) is 1. The van der Waals surface area contributed by atoms with E-state index in [2.05, 4.69) is 70.6 Å². The Morgan fingerprint density at radius 3 is 2.74 bits per heavy atom. The number of aryl methyl sites for hydroxylation is 1. The van der Waals surface area contributed by atoms with Crippen LogP contribution in [0.4, 0.5) is 5.69 Å². The Kier molecular flexibility index (Phi) is 3.61. The maximum Gasteiger partial charge on any atom is 0.0487 e. The molecule has 0 aromatic heterocycles. The zero-order valence-corrected chi connectivity index (χ0v) is 12.7. The van der Waals surface area contributed by atoms with Gasteiger partial charge in [0.05, 0.1) is 0 Å². The zero-order chi connectivity index (χ0) is 13.2. The highest BCUT2D eigenvalue weighted by Crippen LogP contribution is 2.40. The van der Waals surface area contributed by atoms with Crippen LogP contribution in [0, 0.1) is 6.92 Å². The SMILES string of the molecule is Cc1ccc(NCc2cccc(C3CC3)c2)c(Br)c1. The van der Waals surface area contributed by atoms with Crippen LogP contribution in [-0.4, -0.2) is 0 Å². The van der Waals surface area contributed by atoms with Crippen molar-refractivity contribution in [1.82, 2.24) is 0 Å². The van der Waals surface area contributed by atoms with E-state index in [1.807, 2.05) is 0 Å². The summed E-state index contributed by atoms with van der Waals surface area (Å²) in [6.45, 7) is 2.98. The number of halogens is 1. The fraction of sp³-hybridized carbons (Fsp3) is 0.294. The molecule has 0 unspecified atom stereocenters. The summed E-state index contributed by atoms with van der Waals surface area (Å²) in [5.74, 6) is 0.825. The topological polar surface area (TPSA) is 12.0 Å². The number of hydrogen-bond acceptors (Lipinski definition) is 1. The Morgan fingerprint density at radius 1 is 1.16 bits per heavy atom. The highest BCUT2D eigenvalue weighted by Gasteiger charge is 2.23. The molecule has 3 rings (SSSR count). The lowest BCUT2D eigenvalue weighted by Crippen LogP contribution is -2.00. The van der Waals surface area contributed by atoms with Crippen LogP contribution in [-0.2, 0) is 6.54 Å². The van der Waals surface area contributed by atoms with Crippen LogP contribution in [0.2, 0.25) is 0 Å². The van der Waals surface area contributed by atoms with Crippen LogP contribution in [0.25, 0.3) is 0 Å². The second-order valence-electron chi connectivity index (χ2n) is 5.36. The van der Waals surface area contributed by atoms with E-state index in [4.69, 9.17) is 0 Å². The average Bonchev–Trinajstić information content (AvgIpc) is 3.22. The first-order chi connectivity index (χ1) is 9.22. The maximum atomic E-state index is 3.61. The predicted octanol–water partition coefficient (Wildman–Crippen LogP) is 5.25. The second kappa shape index (κ2) is 5.38. The van der Waals surface area contributed by atoms with Crippen molar-refractivity contribution in [2.75, 3.05) is 5.32 Å². The molecule has 0 heterocycles. The molecule has 98 valence electrons. The summed E-state index contributed by atoms with van der Waals surface area (Å²) in [5, 5.41) is 3.50. The van der Waals surface area contributed by atoms with E-state index >= 15 is 0 Å². The monoisotopic (exact) mass is 315 g/mol. The van der Waals surface area contributed by atoms with Crippen LogP contribution < -0.4 is 5.32 Å². The minimum atomic E-state index is 0.825. The van der Waals surface area contributed by atoms with Crippen molar-refractivity contribution in [1.29, 1.82) is 0 Å². The molecule has 0 saturated heterocycles. The van der Waals surface area contributed by atoms with Crippen molar-refractivity contribution < 1.29 is 0 Å². The summed E-state index contributed by atoms with van der Waals surface area (Å²) in [6.07, 6.45) is 2.72. The molecular weight excluding hydrogens is 298 g/mol. The van der Waals surface area contributed by atoms with Gasteiger partial charge in [0, 0.05) is 16.7 Å². The van der Waals surface area contributed by atoms with Gasteiger partial charge in [0.25, 0.3) is 0 Å². The van der Waals surface area contributed by atoms with Crippen LogP contribution >= 0.6 is 15.9 Å². The zero-order valence-electron chi connectivity index (χ0n) is 11.1. The maximum absolute atomic E-state index is 3.61. The number of rotatable bonds is 4. The molecule has 0 spiro atoms. The second-order valence-corrected chi connectivity index (χ2v) is 6.21. The first-order valence-corrected chi connectivity index (χ1v) is 7.60. The highest BCUT2D eigenvalue weighted by molar-refractivity contribution is 9.10. The van der Waals surface area contributed by atoms with Crippen molar-refractivity contribution >= 4 is 21.6 Å². The molecule has 1 N–H and O–H groups in total. The Bertz CT molecular complexity index is 588. The van der Waals surface area contributed by atoms with E-state index in [0.717, 1.165) is 22.6 Å². The van der Waals surface area contributed by atoms with Crippen LogP contribution in [0.15, 0.2) is 46.9 Å². The molecule has 1 aliphatic carbocycles. The third kappa shape index (κ3) is 3.19. The summed E-state index contributed by atoms with van der Waals surface area (Å²) < 4.78 is 1.13. The van der Waals surface area contributed by atoms with E-state index in [9.17, 15) is 0 Å². The van der Waals surface area contributed by atoms with E-state index < -0.39 is 0 Å². The highest BCUT2D eigenvalue weighted by atomic mass is 79.9. The van der Waals surface area contributed by atoms with Crippen molar-refractivity contribution in [3.05, 3.63) is 63.6 Å². The fourth-order valence-corrected chi connectivity index (χ4v) is 2.97. The van der Waals surface area contributed by atoms with Gasteiger partial charge in [0.1, 0.15) is 0 Å². The fourth-order valence-electron chi connectivity index (χ4n) is 2.33. The number of nitrogens with one attached hydrogen (secondary N) is 1. The molecule has 1 fully saturated rings. The lowest BCUT2D eigenvalue weighted by Gasteiger charge is -2.10. The lowest BCUT2D eigenvalue weighted by molar-refractivity contribution is 1.08. The molecule has 1 aliphatic rings. The summed E-state index contributed by atoms with van der Waals surface area (Å²) in [6, 6.07) is 15.4. The predicted molar refractivity (Wildman–Crippen MR) is 84.6 cm³/mol. The third-order valence-electron chi connectivity index (χ3n) is 3.61. The van der Waals surface area contributed by atoms with E-state index in [1.165, 1.54) is 29.5 Å². The van der Waals surface area contributed by atoms with Gasteiger partial charge in [-0.15, -0.1) is 0 Å². The summed E-state index contributed by atoms with van der Waals surface area (Å²) >= 11 is 3.61. The largest absolute Gasteiger partial charge is 0.380 e. The molecule has 1 saturated carbocycles. The first kappa shape index (κ1) is 12.7. The van der Waals surface area contributed by atoms with Gasteiger partial charge in [0.2, 0.25) is 0 Å². The molecule has 2 heteroatoms. The van der Waals surface area contributed by atoms with Gasteiger partial charge in [-0.05, 0) is 70.4 Å². The molecule has 2 aromatic rings. The molecule has 19 heavy (non-hydrogen) atoms. The molecule has 0 amide bonds. The molecule has 2 aromatic carbocycles. The van der Waals surface area contributed by atoms with Gasteiger partial charge >= 0.3 is 0 Å². The van der Waals surface area contributed by atoms with E-state index in [-0.39, 0.29) is 0 Å². The number of benzene rings is 2. The normalized spacial score (nSPS) is 14.4. The van der Waals surface area contributed by atoms with Crippen molar-refractivity contribution in [2.45, 2.75) is 32.2 Å². The summed E-state index contributed by atoms with van der Waals surface area (Å²) in [5.41, 5.74) is 5.29. The molecule has 0 bridgehead atoms. The molecule has 1 nitrogen and oxygen atoms in total. The minimum absolute atomic E-state index is 0.825. The smallest absolute Gasteiger partial charge is 0.0487 e. The van der Waals surface area contributed by atoms with Crippen molar-refractivity contribution in [3.8, 4) is 0 Å². The van der Waals surface area contributed by atoms with Gasteiger partial charge in [-0.25, -0.2) is 0 Å². The van der Waals surface area contributed by atoms with Crippen molar-refractivity contribution in [2.24, 2.45) is 0 Å². The first-order valence-electron chi connectivity index (χ1n) is 6.81. The Labute approximate surface area is 123 Å². The minimum Gasteiger partial charge on any atom is -0.380 e. The van der Waals surface area contributed by atoms with Gasteiger partial charge in [0.15, 0.2) is 0 Å². The molecule has 0 aliphatic heterocycles. The van der Waals surface area contributed by atoms with Gasteiger partial charge in [-0.2, -0.15) is 0 Å². The Hall–Kier alpha value is -1.28. The third-order valence-corrected chi connectivity index (χ3v) is 4.26. The molecular formula is C17H18BrN. The van der Waals surface area contributed by atoms with E-state index in [1.54, 1.807) is 0 Å². The molecule has 0 radical (unpaired) electrons. The van der Waals surface area contributed by atoms with Crippen molar-refractivity contribution in [3.63, 3.8) is 0 Å². The average molecular weight is 316 g/mol. The van der Waals surface area contributed by atoms with Crippen LogP contribution in [0.3, 0.4) is 0 Å². The van der Waals surface area contributed by atoms with Gasteiger partial charge < -0.3 is 5.32 Å². The van der Waals surface area contributed by atoms with Crippen LogP contribution in [0.1, 0.15) is 35.4 Å². The van der Waals surface area contributed by atoms with Gasteiger partial charge in [-0.3, -0.25) is 0 Å². The standard InChI is InChI=1S/C17H18BrN/c1-12-5-8-17(16(18)9-12)19-11-13-3-2-4-15(10-13)14-6-7-14/h2-5,8-10,14,19H,6-7,11H2,1H3. The Balaban J connectivity index is 1.69. The summed E-state index contributed by atoms with van der Waals surface area (Å²) in [4.78, 5) is 0. The van der Waals surface area contributed by atoms with E-state index in [0.29, 0.717) is 0 Å². The lowest BCUT2D eigenvalue weighted by atomic mass is 10.1. The molecule has 0 atom stereocenters. The quantitative estimate of drug-likeness (QED) is 0.812. The summed E-state index contributed by atoms with van der Waals surface area (Å²) in [7, 11) is 0. The Morgan fingerprint density at radius 2 is 2.00 bits per heavy atom. The van der Waals surface area contributed by atoms with Gasteiger partial charge in [-0.1, -0.05) is 30.3 Å².